The average molecular weight is 551 g/mol. The fourth-order valence-electron chi connectivity index (χ4n) is 7.34. The number of rotatable bonds is 5. The lowest BCUT2D eigenvalue weighted by molar-refractivity contribution is -0.186. The van der Waals surface area contributed by atoms with Gasteiger partial charge in [0.05, 0.1) is 6.10 Å². The fourth-order valence-corrected chi connectivity index (χ4v) is 7.34. The molecule has 3 aliphatic carbocycles. The van der Waals surface area contributed by atoms with Crippen molar-refractivity contribution in [3.05, 3.63) is 65.3 Å². The number of ether oxygens (including phenoxy) is 3. The summed E-state index contributed by atoms with van der Waals surface area (Å²) in [6.45, 7) is 15.3. The number of esters is 3. The Morgan fingerprint density at radius 2 is 1.65 bits per heavy atom. The summed E-state index contributed by atoms with van der Waals surface area (Å²) in [5.41, 5.74) is 2.14. The minimum atomic E-state index is -0.859. The second-order valence-corrected chi connectivity index (χ2v) is 12.4. The van der Waals surface area contributed by atoms with Crippen LogP contribution >= 0.6 is 0 Å². The van der Waals surface area contributed by atoms with Gasteiger partial charge in [-0.25, -0.2) is 4.79 Å². The zero-order chi connectivity index (χ0) is 29.4. The number of fused-ring (bicyclic) bond motifs is 3. The lowest BCUT2D eigenvalue weighted by Crippen LogP contribution is -2.59. The molecule has 3 aliphatic rings. The van der Waals surface area contributed by atoms with Gasteiger partial charge in [0.1, 0.15) is 12.2 Å². The number of carbonyl (C=O) groups is 3. The summed E-state index contributed by atoms with van der Waals surface area (Å²) in [6, 6.07) is 9.52. The Morgan fingerprint density at radius 3 is 2.27 bits per heavy atom. The molecule has 40 heavy (non-hydrogen) atoms. The highest BCUT2D eigenvalue weighted by Crippen LogP contribution is 2.60. The maximum Gasteiger partial charge on any atom is 0.331 e. The van der Waals surface area contributed by atoms with Gasteiger partial charge in [-0.2, -0.15) is 0 Å². The Kier molecular flexibility index (Phi) is 8.46. The van der Waals surface area contributed by atoms with Crippen LogP contribution in [0.1, 0.15) is 72.8 Å². The van der Waals surface area contributed by atoms with Gasteiger partial charge in [-0.3, -0.25) is 9.59 Å². The summed E-state index contributed by atoms with van der Waals surface area (Å²) in [6.07, 6.45) is 2.54. The van der Waals surface area contributed by atoms with Crippen molar-refractivity contribution in [1.29, 1.82) is 0 Å². The van der Waals surface area contributed by atoms with Crippen LogP contribution in [0.2, 0.25) is 0 Å². The lowest BCUT2D eigenvalue weighted by Gasteiger charge is -2.58. The van der Waals surface area contributed by atoms with Gasteiger partial charge in [0.15, 0.2) is 6.10 Å². The monoisotopic (exact) mass is 550 g/mol. The van der Waals surface area contributed by atoms with E-state index in [1.54, 1.807) is 6.08 Å². The molecule has 1 aromatic carbocycles. The van der Waals surface area contributed by atoms with E-state index >= 15 is 0 Å². The van der Waals surface area contributed by atoms with Gasteiger partial charge < -0.3 is 19.3 Å². The van der Waals surface area contributed by atoms with Crippen molar-refractivity contribution in [3.8, 4) is 0 Å². The largest absolute Gasteiger partial charge is 0.458 e. The van der Waals surface area contributed by atoms with E-state index in [9.17, 15) is 19.5 Å². The smallest absolute Gasteiger partial charge is 0.331 e. The third kappa shape index (κ3) is 5.67. The van der Waals surface area contributed by atoms with Crippen LogP contribution in [0.15, 0.2) is 59.7 Å². The molecule has 7 nitrogen and oxygen atoms in total. The summed E-state index contributed by atoms with van der Waals surface area (Å²) < 4.78 is 17.9. The normalized spacial score (nSPS) is 33.4. The third-order valence-electron chi connectivity index (χ3n) is 9.54. The molecule has 0 amide bonds. The van der Waals surface area contributed by atoms with E-state index in [0.717, 1.165) is 22.3 Å². The minimum Gasteiger partial charge on any atom is -0.458 e. The van der Waals surface area contributed by atoms with Crippen LogP contribution in [-0.4, -0.2) is 47.4 Å². The summed E-state index contributed by atoms with van der Waals surface area (Å²) in [5, 5.41) is 11.1. The fraction of sp³-hybridized carbons (Fsp3) is 0.545. The molecule has 4 rings (SSSR count). The summed E-state index contributed by atoms with van der Waals surface area (Å²) >= 11 is 0. The zero-order valence-electron chi connectivity index (χ0n) is 24.4. The SMILES string of the molecule is C=C1C(OC(=O)C=Cc2ccccc2)CCC2(C)C1CC1CC(O)C(C)=C(C(OC(C)=O)C2OC(C)=O)C1(C)C. The molecule has 2 saturated carbocycles. The van der Waals surface area contributed by atoms with Gasteiger partial charge in [0.2, 0.25) is 0 Å². The Bertz CT molecular complexity index is 1230. The number of carbonyl (C=O) groups excluding carboxylic acids is 3. The molecule has 0 aromatic heterocycles. The zero-order valence-corrected chi connectivity index (χ0v) is 24.4. The molecule has 2 bridgehead atoms. The number of hydrogen-bond acceptors (Lipinski definition) is 7. The Hall–Kier alpha value is -3.19. The highest BCUT2D eigenvalue weighted by molar-refractivity contribution is 5.87. The summed E-state index contributed by atoms with van der Waals surface area (Å²) in [5.74, 6) is -1.59. The predicted octanol–water partition coefficient (Wildman–Crippen LogP) is 5.57. The quantitative estimate of drug-likeness (QED) is 0.221. The van der Waals surface area contributed by atoms with Gasteiger partial charge in [0, 0.05) is 25.3 Å². The molecule has 7 atom stereocenters. The van der Waals surface area contributed by atoms with Crippen LogP contribution in [-0.2, 0) is 28.6 Å². The van der Waals surface area contributed by atoms with Gasteiger partial charge in [-0.1, -0.05) is 57.7 Å². The van der Waals surface area contributed by atoms with Crippen LogP contribution in [0.25, 0.3) is 6.08 Å². The number of benzene rings is 1. The highest BCUT2D eigenvalue weighted by atomic mass is 16.6. The molecule has 7 unspecified atom stereocenters. The molecule has 2 fully saturated rings. The van der Waals surface area contributed by atoms with Gasteiger partial charge >= 0.3 is 17.9 Å². The number of aliphatic hydroxyl groups excluding tert-OH is 1. The van der Waals surface area contributed by atoms with Gasteiger partial charge in [0.25, 0.3) is 0 Å². The van der Waals surface area contributed by atoms with Crippen LogP contribution in [0.3, 0.4) is 0 Å². The van der Waals surface area contributed by atoms with Crippen molar-refractivity contribution in [2.45, 2.75) is 91.6 Å². The molecule has 1 aromatic rings. The first-order valence-corrected chi connectivity index (χ1v) is 14.1. The maximum absolute atomic E-state index is 12.8. The molecule has 1 N–H and O–H groups in total. The Morgan fingerprint density at radius 1 is 1.00 bits per heavy atom. The average Bonchev–Trinajstić information content (AvgIpc) is 2.88. The number of aliphatic hydroxyl groups is 1. The van der Waals surface area contributed by atoms with E-state index < -0.39 is 53.2 Å². The Labute approximate surface area is 237 Å². The second kappa shape index (κ2) is 11.4. The molecular weight excluding hydrogens is 508 g/mol. The van der Waals surface area contributed by atoms with Crippen LogP contribution < -0.4 is 0 Å². The first-order chi connectivity index (χ1) is 18.8. The van der Waals surface area contributed by atoms with Crippen molar-refractivity contribution >= 4 is 24.0 Å². The van der Waals surface area contributed by atoms with Gasteiger partial charge in [-0.15, -0.1) is 0 Å². The topological polar surface area (TPSA) is 99.1 Å². The molecule has 0 aliphatic heterocycles. The third-order valence-corrected chi connectivity index (χ3v) is 9.54. The molecule has 216 valence electrons. The maximum atomic E-state index is 12.8. The van der Waals surface area contributed by atoms with E-state index in [1.165, 1.54) is 19.9 Å². The molecular formula is C33H42O7. The minimum absolute atomic E-state index is 0.0334. The van der Waals surface area contributed by atoms with Crippen molar-refractivity contribution in [2.24, 2.45) is 22.7 Å². The molecule has 0 saturated heterocycles. The lowest BCUT2D eigenvalue weighted by atomic mass is 9.50. The Balaban J connectivity index is 1.73. The number of hydrogen-bond donors (Lipinski definition) is 1. The van der Waals surface area contributed by atoms with E-state index in [-0.39, 0.29) is 11.8 Å². The van der Waals surface area contributed by atoms with Crippen molar-refractivity contribution < 1.29 is 33.7 Å². The summed E-state index contributed by atoms with van der Waals surface area (Å²) in [7, 11) is 0. The van der Waals surface area contributed by atoms with Crippen molar-refractivity contribution in [1.82, 2.24) is 0 Å². The summed E-state index contributed by atoms with van der Waals surface area (Å²) in [4.78, 5) is 37.7. The highest BCUT2D eigenvalue weighted by Gasteiger charge is 2.60. The van der Waals surface area contributed by atoms with Crippen LogP contribution in [0, 0.1) is 22.7 Å². The van der Waals surface area contributed by atoms with Crippen LogP contribution in [0.4, 0.5) is 0 Å². The van der Waals surface area contributed by atoms with E-state index in [2.05, 4.69) is 27.4 Å². The molecule has 0 heterocycles. The van der Waals surface area contributed by atoms with Gasteiger partial charge in [-0.05, 0) is 78.2 Å². The second-order valence-electron chi connectivity index (χ2n) is 12.4. The van der Waals surface area contributed by atoms with E-state index in [4.69, 9.17) is 14.2 Å². The molecule has 0 spiro atoms. The van der Waals surface area contributed by atoms with Crippen molar-refractivity contribution in [3.63, 3.8) is 0 Å². The molecule has 0 radical (unpaired) electrons. The van der Waals surface area contributed by atoms with Crippen LogP contribution in [0.5, 0.6) is 0 Å². The van der Waals surface area contributed by atoms with E-state index in [0.29, 0.717) is 25.7 Å². The van der Waals surface area contributed by atoms with E-state index in [1.807, 2.05) is 37.3 Å². The molecule has 7 heteroatoms. The van der Waals surface area contributed by atoms with Crippen molar-refractivity contribution in [2.75, 3.05) is 0 Å². The first kappa shape index (κ1) is 29.8. The predicted molar refractivity (Wildman–Crippen MR) is 152 cm³/mol. The standard InChI is InChI=1S/C33H42O7/c1-19-25-17-24-18-26(36)20(2)29(32(24,5)6)30(38-21(3)34)31(39-22(4)35)33(25,7)16-15-27(19)40-28(37)14-13-23-11-9-8-10-12-23/h8-14,24-27,30-31,36H,1,15-18H2,2-7H3. The first-order valence-electron chi connectivity index (χ1n) is 14.1.